The highest BCUT2D eigenvalue weighted by Gasteiger charge is 2.28. The Labute approximate surface area is 252 Å². The van der Waals surface area contributed by atoms with Crippen LogP contribution in [0.4, 0.5) is 0 Å². The molecule has 12 nitrogen and oxygen atoms in total. The van der Waals surface area contributed by atoms with Crippen molar-refractivity contribution in [3.05, 3.63) is 91.0 Å². The molecule has 214 valence electrons. The van der Waals surface area contributed by atoms with Gasteiger partial charge >= 0.3 is 5.97 Å². The maximum Gasteiger partial charge on any atom is 0.341 e. The average Bonchev–Trinajstić information content (AvgIpc) is 3.79. The Balaban J connectivity index is 1.44. The smallest absolute Gasteiger partial charge is 0.341 e. The van der Waals surface area contributed by atoms with E-state index < -0.39 is 12.6 Å². The van der Waals surface area contributed by atoms with E-state index in [0.717, 1.165) is 38.5 Å². The van der Waals surface area contributed by atoms with E-state index in [4.69, 9.17) is 40.0 Å². The molecule has 12 heteroatoms. The number of aromatic nitrogens is 9. The summed E-state index contributed by atoms with van der Waals surface area (Å²) in [5.74, 6) is 0.801. The van der Waals surface area contributed by atoms with Gasteiger partial charge in [0.15, 0.2) is 18.3 Å². The molecule has 0 saturated heterocycles. The number of carboxylic acid groups (broad SMARTS) is 1. The van der Waals surface area contributed by atoms with Gasteiger partial charge in [-0.25, -0.2) is 24.7 Å². The molecule has 0 amide bonds. The highest BCUT2D eigenvalue weighted by Crippen LogP contribution is 2.35. The third kappa shape index (κ3) is 4.00. The zero-order chi connectivity index (χ0) is 30.1. The lowest BCUT2D eigenvalue weighted by Crippen LogP contribution is -2.35. The minimum Gasteiger partial charge on any atom is -0.482 e. The van der Waals surface area contributed by atoms with E-state index in [-0.39, 0.29) is 0 Å². The number of benzene rings is 4. The second kappa shape index (κ2) is 9.47. The summed E-state index contributed by atoms with van der Waals surface area (Å²) in [5, 5.41) is 22.1. The van der Waals surface area contributed by atoms with Crippen LogP contribution in [0.25, 0.3) is 84.0 Å². The maximum absolute atomic E-state index is 11.2. The minimum absolute atomic E-state index is 0.381. The molecule has 7 aromatic rings. The van der Waals surface area contributed by atoms with Crippen molar-refractivity contribution in [2.45, 2.75) is 0 Å². The Bertz CT molecular complexity index is 2550. The van der Waals surface area contributed by atoms with Gasteiger partial charge in [0.1, 0.15) is 28.3 Å². The van der Waals surface area contributed by atoms with Gasteiger partial charge in [0.2, 0.25) is 11.5 Å². The number of para-hydroxylation sites is 1. The van der Waals surface area contributed by atoms with Gasteiger partial charge in [0.05, 0.1) is 15.0 Å². The fraction of sp³-hybridized carbons (Fsp3) is 0.0303. The van der Waals surface area contributed by atoms with Gasteiger partial charge in [-0.15, -0.1) is 0 Å². The fourth-order valence-corrected chi connectivity index (χ4v) is 5.76. The monoisotopic (exact) mass is 590 g/mol. The maximum atomic E-state index is 11.2. The van der Waals surface area contributed by atoms with Gasteiger partial charge < -0.3 is 19.8 Å². The van der Waals surface area contributed by atoms with Crippen molar-refractivity contribution >= 4 is 50.1 Å². The molecule has 0 saturated carbocycles. The van der Waals surface area contributed by atoms with Crippen LogP contribution in [0.2, 0.25) is 0 Å². The molecule has 0 radical (unpaired) electrons. The summed E-state index contributed by atoms with van der Waals surface area (Å²) in [6, 6.07) is 28.7. The van der Waals surface area contributed by atoms with Crippen LogP contribution in [0.3, 0.4) is 0 Å². The van der Waals surface area contributed by atoms with Crippen LogP contribution in [0, 0.1) is 0 Å². The molecular formula is C33H20N9O3+. The molecule has 0 fully saturated rings. The highest BCUT2D eigenvalue weighted by molar-refractivity contribution is 6.06. The van der Waals surface area contributed by atoms with Crippen molar-refractivity contribution in [3.63, 3.8) is 0 Å². The molecule has 2 aliphatic rings. The number of carbonyl (C=O) groups is 1. The zero-order valence-electron chi connectivity index (χ0n) is 23.3. The predicted molar refractivity (Wildman–Crippen MR) is 165 cm³/mol. The summed E-state index contributed by atoms with van der Waals surface area (Å²) in [6.07, 6.45) is 0. The number of nitrogens with zero attached hydrogens (tertiary/aromatic N) is 7. The molecule has 2 aliphatic heterocycles. The molecule has 5 heterocycles. The molecule has 0 unspecified atom stereocenters. The third-order valence-corrected chi connectivity index (χ3v) is 7.79. The quantitative estimate of drug-likeness (QED) is 0.242. The molecule has 4 aromatic carbocycles. The van der Waals surface area contributed by atoms with Crippen LogP contribution < -0.4 is 9.53 Å². The van der Waals surface area contributed by atoms with Gasteiger partial charge in [0.25, 0.3) is 5.69 Å². The summed E-state index contributed by atoms with van der Waals surface area (Å²) < 4.78 is 5.49. The zero-order valence-corrected chi connectivity index (χ0v) is 23.3. The van der Waals surface area contributed by atoms with Crippen LogP contribution in [0.5, 0.6) is 5.75 Å². The van der Waals surface area contributed by atoms with Crippen LogP contribution in [0.15, 0.2) is 91.0 Å². The van der Waals surface area contributed by atoms with E-state index >= 15 is 0 Å². The van der Waals surface area contributed by atoms with E-state index in [9.17, 15) is 4.79 Å². The molecule has 3 aromatic heterocycles. The molecule has 45 heavy (non-hydrogen) atoms. The van der Waals surface area contributed by atoms with Gasteiger partial charge in [-0.2, -0.15) is 0 Å². The number of aromatic amines is 2. The first kappa shape index (κ1) is 25.0. The van der Waals surface area contributed by atoms with Crippen molar-refractivity contribution in [1.82, 2.24) is 40.1 Å². The number of hydrogen-bond donors (Lipinski definition) is 3. The SMILES string of the molecule is O=C(O)COc1ccc2c3nc4nc(nc5[nH]c(nc6n[n+](nc([nH]3)c2c1)-c1ccccc1-6)c1ccccc51)-c1ccccc1-4. The molecule has 0 spiro atoms. The second-order valence-electron chi connectivity index (χ2n) is 10.6. The van der Waals surface area contributed by atoms with Crippen molar-refractivity contribution in [1.29, 1.82) is 0 Å². The van der Waals surface area contributed by atoms with Crippen molar-refractivity contribution in [2.75, 3.05) is 6.61 Å². The van der Waals surface area contributed by atoms with Crippen LogP contribution in [-0.2, 0) is 4.79 Å². The number of nitrogens with one attached hydrogen (secondary N) is 2. The average molecular weight is 591 g/mol. The molecule has 0 aliphatic carbocycles. The first-order chi connectivity index (χ1) is 22.1. The van der Waals surface area contributed by atoms with Crippen LogP contribution in [-0.4, -0.2) is 57.8 Å². The fourth-order valence-electron chi connectivity index (χ4n) is 5.76. The van der Waals surface area contributed by atoms with Gasteiger partial charge in [0, 0.05) is 38.7 Å². The van der Waals surface area contributed by atoms with Crippen LogP contribution >= 0.6 is 0 Å². The first-order valence-corrected chi connectivity index (χ1v) is 14.1. The highest BCUT2D eigenvalue weighted by atomic mass is 16.5. The molecule has 8 bridgehead atoms. The number of aliphatic carboxylic acids is 1. The standard InChI is InChI=1S/C33H19N9O3/c43-26(44)16-45-17-13-14-22-24(15-17)33-39-31(22)37-29-19-8-2-1-7-18(19)27(35-29)34-28-20-9-3-4-10-21(20)30(36-28)38-32-23-11-5-6-12-25(23)42(40-32)41-33/h1-15H,16H2,(H2,34,35,36,37,38,39,40,41,43,44)/p+1. The van der Waals surface area contributed by atoms with Crippen molar-refractivity contribution in [2.24, 2.45) is 0 Å². The molecule has 9 rings (SSSR count). The summed E-state index contributed by atoms with van der Waals surface area (Å²) in [5.41, 5.74) is 5.45. The van der Waals surface area contributed by atoms with Crippen LogP contribution in [0.1, 0.15) is 0 Å². The summed E-state index contributed by atoms with van der Waals surface area (Å²) in [4.78, 5) is 39.3. The van der Waals surface area contributed by atoms with Crippen molar-refractivity contribution < 1.29 is 19.4 Å². The number of hydrogen-bond acceptors (Lipinski definition) is 8. The Morgan fingerprint density at radius 3 is 1.89 bits per heavy atom. The first-order valence-electron chi connectivity index (χ1n) is 14.1. The van der Waals surface area contributed by atoms with Gasteiger partial charge in [-0.1, -0.05) is 60.7 Å². The number of H-pyrrole nitrogens is 2. The van der Waals surface area contributed by atoms with E-state index in [1.807, 2.05) is 78.9 Å². The third-order valence-electron chi connectivity index (χ3n) is 7.79. The minimum atomic E-state index is -1.07. The Morgan fingerprint density at radius 1 is 0.622 bits per heavy atom. The Kier molecular flexibility index (Phi) is 5.26. The predicted octanol–water partition coefficient (Wildman–Crippen LogP) is 4.94. The van der Waals surface area contributed by atoms with E-state index in [0.29, 0.717) is 51.2 Å². The lowest BCUT2D eigenvalue weighted by atomic mass is 10.1. The van der Waals surface area contributed by atoms with Gasteiger partial charge in [-0.3, -0.25) is 0 Å². The van der Waals surface area contributed by atoms with E-state index in [1.54, 1.807) is 12.1 Å². The van der Waals surface area contributed by atoms with Crippen molar-refractivity contribution in [3.8, 4) is 45.6 Å². The number of ether oxygens (including phenoxy) is 1. The van der Waals surface area contributed by atoms with Gasteiger partial charge in [-0.05, 0) is 24.3 Å². The molecule has 3 N–H and O–H groups in total. The second-order valence-corrected chi connectivity index (χ2v) is 10.6. The molecular weight excluding hydrogens is 570 g/mol. The number of carboxylic acids is 1. The number of rotatable bonds is 3. The van der Waals surface area contributed by atoms with E-state index in [1.165, 1.54) is 4.80 Å². The summed E-state index contributed by atoms with van der Waals surface area (Å²) >= 11 is 0. The molecule has 0 atom stereocenters. The topological polar surface area (TPSA) is 159 Å². The Morgan fingerprint density at radius 2 is 1.20 bits per heavy atom. The lowest BCUT2D eigenvalue weighted by molar-refractivity contribution is -0.711. The number of fused-ring (bicyclic) bond motifs is 20. The summed E-state index contributed by atoms with van der Waals surface area (Å²) in [6.45, 7) is -0.473. The summed E-state index contributed by atoms with van der Waals surface area (Å²) in [7, 11) is 0. The largest absolute Gasteiger partial charge is 0.482 e. The van der Waals surface area contributed by atoms with E-state index in [2.05, 4.69) is 9.97 Å². The Hall–Kier alpha value is -6.56. The normalized spacial score (nSPS) is 11.8. The lowest BCUT2D eigenvalue weighted by Gasteiger charge is -2.02.